The zero-order valence-corrected chi connectivity index (χ0v) is 8.81. The Hall–Kier alpha value is -0.570. The highest BCUT2D eigenvalue weighted by molar-refractivity contribution is 5.81. The predicted octanol–water partition coefficient (Wildman–Crippen LogP) is 1.04. The van der Waals surface area contributed by atoms with Crippen LogP contribution in [0.2, 0.25) is 0 Å². The molecule has 1 fully saturated rings. The molecular formula is C10H20N2O. The molecule has 0 aromatic carbocycles. The summed E-state index contributed by atoms with van der Waals surface area (Å²) in [7, 11) is 0. The summed E-state index contributed by atoms with van der Waals surface area (Å²) in [4.78, 5) is 11.4. The molecule has 3 nitrogen and oxygen atoms in total. The molecule has 0 aromatic heterocycles. The van der Waals surface area contributed by atoms with E-state index in [1.54, 1.807) is 0 Å². The lowest BCUT2D eigenvalue weighted by atomic mass is 9.78. The second-order valence-electron chi connectivity index (χ2n) is 4.17. The molecular weight excluding hydrogens is 164 g/mol. The molecule has 1 aliphatic rings. The van der Waals surface area contributed by atoms with Crippen molar-refractivity contribution in [2.45, 2.75) is 51.6 Å². The molecule has 2 N–H and O–H groups in total. The SMILES string of the molecule is CCNC(=O)C(C)NC1(C)CCC1. The topological polar surface area (TPSA) is 41.1 Å². The molecule has 76 valence electrons. The van der Waals surface area contributed by atoms with Crippen LogP contribution >= 0.6 is 0 Å². The van der Waals surface area contributed by atoms with Crippen LogP contribution in [0.1, 0.15) is 40.0 Å². The van der Waals surface area contributed by atoms with Crippen molar-refractivity contribution in [1.29, 1.82) is 0 Å². The Labute approximate surface area is 80.3 Å². The summed E-state index contributed by atoms with van der Waals surface area (Å²) in [6.07, 6.45) is 3.67. The minimum Gasteiger partial charge on any atom is -0.355 e. The number of nitrogens with one attached hydrogen (secondary N) is 2. The van der Waals surface area contributed by atoms with Gasteiger partial charge in [0.1, 0.15) is 0 Å². The van der Waals surface area contributed by atoms with Crippen LogP contribution in [0.5, 0.6) is 0 Å². The largest absolute Gasteiger partial charge is 0.355 e. The molecule has 0 bridgehead atoms. The van der Waals surface area contributed by atoms with E-state index in [2.05, 4.69) is 17.6 Å². The van der Waals surface area contributed by atoms with Crippen molar-refractivity contribution < 1.29 is 4.79 Å². The molecule has 1 atom stereocenters. The maximum Gasteiger partial charge on any atom is 0.236 e. The smallest absolute Gasteiger partial charge is 0.236 e. The molecule has 0 spiro atoms. The van der Waals surface area contributed by atoms with Crippen molar-refractivity contribution in [2.75, 3.05) is 6.54 Å². The first-order valence-corrected chi connectivity index (χ1v) is 5.13. The van der Waals surface area contributed by atoms with Gasteiger partial charge >= 0.3 is 0 Å². The van der Waals surface area contributed by atoms with Crippen LogP contribution in [-0.4, -0.2) is 24.0 Å². The van der Waals surface area contributed by atoms with E-state index in [1.807, 2.05) is 13.8 Å². The van der Waals surface area contributed by atoms with Gasteiger partial charge in [-0.3, -0.25) is 4.79 Å². The lowest BCUT2D eigenvalue weighted by Crippen LogP contribution is -2.56. The van der Waals surface area contributed by atoms with Gasteiger partial charge < -0.3 is 10.6 Å². The normalized spacial score (nSPS) is 21.8. The molecule has 13 heavy (non-hydrogen) atoms. The minimum absolute atomic E-state index is 0.0646. The Kier molecular flexibility index (Phi) is 3.31. The van der Waals surface area contributed by atoms with Crippen molar-refractivity contribution in [1.82, 2.24) is 10.6 Å². The van der Waals surface area contributed by atoms with Crippen LogP contribution in [-0.2, 0) is 4.79 Å². The van der Waals surface area contributed by atoms with Crippen molar-refractivity contribution in [2.24, 2.45) is 0 Å². The van der Waals surface area contributed by atoms with Crippen molar-refractivity contribution in [3.05, 3.63) is 0 Å². The monoisotopic (exact) mass is 184 g/mol. The van der Waals surface area contributed by atoms with Gasteiger partial charge in [-0.1, -0.05) is 0 Å². The van der Waals surface area contributed by atoms with Crippen LogP contribution < -0.4 is 10.6 Å². The number of carbonyl (C=O) groups excluding carboxylic acids is 1. The van der Waals surface area contributed by atoms with Gasteiger partial charge in [-0.25, -0.2) is 0 Å². The van der Waals surface area contributed by atoms with Crippen LogP contribution in [0.15, 0.2) is 0 Å². The van der Waals surface area contributed by atoms with Gasteiger partial charge in [0, 0.05) is 12.1 Å². The molecule has 0 aliphatic heterocycles. The van der Waals surface area contributed by atoms with E-state index in [9.17, 15) is 4.79 Å². The van der Waals surface area contributed by atoms with Gasteiger partial charge in [-0.05, 0) is 40.0 Å². The van der Waals surface area contributed by atoms with E-state index in [0.29, 0.717) is 6.54 Å². The third-order valence-corrected chi connectivity index (χ3v) is 2.77. The van der Waals surface area contributed by atoms with Gasteiger partial charge in [0.25, 0.3) is 0 Å². The molecule has 0 aromatic rings. The zero-order valence-electron chi connectivity index (χ0n) is 8.81. The van der Waals surface area contributed by atoms with Gasteiger partial charge in [0.2, 0.25) is 5.91 Å². The lowest BCUT2D eigenvalue weighted by molar-refractivity contribution is -0.123. The number of hydrogen-bond acceptors (Lipinski definition) is 2. The molecule has 0 radical (unpaired) electrons. The Morgan fingerprint density at radius 1 is 1.54 bits per heavy atom. The molecule has 1 rings (SSSR count). The highest BCUT2D eigenvalue weighted by Gasteiger charge is 2.33. The van der Waals surface area contributed by atoms with E-state index in [0.717, 1.165) is 0 Å². The summed E-state index contributed by atoms with van der Waals surface area (Å²) in [5, 5.41) is 6.18. The summed E-state index contributed by atoms with van der Waals surface area (Å²) in [5.41, 5.74) is 0.213. The highest BCUT2D eigenvalue weighted by Crippen LogP contribution is 2.31. The van der Waals surface area contributed by atoms with E-state index in [4.69, 9.17) is 0 Å². The van der Waals surface area contributed by atoms with E-state index in [1.165, 1.54) is 19.3 Å². The first kappa shape index (κ1) is 10.5. The summed E-state index contributed by atoms with van der Waals surface area (Å²) in [6.45, 7) is 6.76. The van der Waals surface area contributed by atoms with E-state index in [-0.39, 0.29) is 17.5 Å². The molecule has 1 saturated carbocycles. The molecule has 0 heterocycles. The minimum atomic E-state index is -0.0646. The summed E-state index contributed by atoms with van der Waals surface area (Å²) in [6, 6.07) is -0.0646. The predicted molar refractivity (Wildman–Crippen MR) is 53.5 cm³/mol. The molecule has 1 unspecified atom stereocenters. The van der Waals surface area contributed by atoms with Gasteiger partial charge in [0.05, 0.1) is 6.04 Å². The fourth-order valence-electron chi connectivity index (χ4n) is 1.77. The average molecular weight is 184 g/mol. The van der Waals surface area contributed by atoms with Gasteiger partial charge in [0.15, 0.2) is 0 Å². The standard InChI is InChI=1S/C10H20N2O/c1-4-11-9(13)8(2)12-10(3)6-5-7-10/h8,12H,4-7H2,1-3H3,(H,11,13). The number of hydrogen-bond donors (Lipinski definition) is 2. The number of amides is 1. The number of likely N-dealkylation sites (N-methyl/N-ethyl adjacent to an activating group) is 1. The van der Waals surface area contributed by atoms with Gasteiger partial charge in [-0.15, -0.1) is 0 Å². The number of carbonyl (C=O) groups is 1. The molecule has 3 heteroatoms. The molecule has 1 amide bonds. The third-order valence-electron chi connectivity index (χ3n) is 2.77. The Balaban J connectivity index is 2.31. The maximum atomic E-state index is 11.4. The van der Waals surface area contributed by atoms with Crippen LogP contribution in [0, 0.1) is 0 Å². The first-order valence-electron chi connectivity index (χ1n) is 5.13. The summed E-state index contributed by atoms with van der Waals surface area (Å²) in [5.74, 6) is 0.107. The van der Waals surface area contributed by atoms with Crippen molar-refractivity contribution in [3.8, 4) is 0 Å². The van der Waals surface area contributed by atoms with E-state index >= 15 is 0 Å². The van der Waals surface area contributed by atoms with Crippen molar-refractivity contribution in [3.63, 3.8) is 0 Å². The molecule has 0 saturated heterocycles. The zero-order chi connectivity index (χ0) is 9.90. The third kappa shape index (κ3) is 2.69. The average Bonchev–Trinajstić information content (AvgIpc) is 2.02. The van der Waals surface area contributed by atoms with Crippen molar-refractivity contribution >= 4 is 5.91 Å². The Morgan fingerprint density at radius 2 is 2.15 bits per heavy atom. The fourth-order valence-corrected chi connectivity index (χ4v) is 1.77. The Bertz CT molecular complexity index is 187. The second kappa shape index (κ2) is 4.09. The second-order valence-corrected chi connectivity index (χ2v) is 4.17. The van der Waals surface area contributed by atoms with Crippen LogP contribution in [0.3, 0.4) is 0 Å². The lowest BCUT2D eigenvalue weighted by Gasteiger charge is -2.41. The molecule has 1 aliphatic carbocycles. The first-order chi connectivity index (χ1) is 6.07. The maximum absolute atomic E-state index is 11.4. The highest BCUT2D eigenvalue weighted by atomic mass is 16.2. The van der Waals surface area contributed by atoms with Crippen LogP contribution in [0.4, 0.5) is 0 Å². The van der Waals surface area contributed by atoms with Gasteiger partial charge in [-0.2, -0.15) is 0 Å². The summed E-state index contributed by atoms with van der Waals surface area (Å²) >= 11 is 0. The van der Waals surface area contributed by atoms with E-state index < -0.39 is 0 Å². The fraction of sp³-hybridized carbons (Fsp3) is 0.900. The quantitative estimate of drug-likeness (QED) is 0.685. The van der Waals surface area contributed by atoms with Crippen LogP contribution in [0.25, 0.3) is 0 Å². The number of rotatable bonds is 4. The summed E-state index contributed by atoms with van der Waals surface area (Å²) < 4.78 is 0. The Morgan fingerprint density at radius 3 is 2.54 bits per heavy atom.